The molecule has 1 aromatic carbocycles. The van der Waals surface area contributed by atoms with Crippen LogP contribution in [0.4, 0.5) is 17.6 Å². The molecule has 2 rings (SSSR count). The van der Waals surface area contributed by atoms with E-state index in [-0.39, 0.29) is 30.4 Å². The van der Waals surface area contributed by atoms with Crippen molar-refractivity contribution in [2.24, 2.45) is 0 Å². The monoisotopic (exact) mass is 388 g/mol. The molecule has 1 N–H and O–H groups in total. The van der Waals surface area contributed by atoms with Crippen molar-refractivity contribution < 1.29 is 17.6 Å². The molecule has 0 amide bonds. The third-order valence-electron chi connectivity index (χ3n) is 3.81. The standard InChI is InChI=1S/C16H20F4N2.2ClH/c1-11(2)9-15(22-7-5-21-6-8-22)13-10-12(17)3-4-14(13)16(18,19)20;;/h3-4,10,15,21H,1,5-9H2,2H3;2*1H/t15-;;/m0../s1. The number of piperazine rings is 1. The minimum absolute atomic E-state index is 0. The van der Waals surface area contributed by atoms with Gasteiger partial charge in [-0.05, 0) is 37.1 Å². The molecule has 24 heavy (non-hydrogen) atoms. The topological polar surface area (TPSA) is 15.3 Å². The fraction of sp³-hybridized carbons (Fsp3) is 0.500. The van der Waals surface area contributed by atoms with E-state index in [1.54, 1.807) is 6.92 Å². The van der Waals surface area contributed by atoms with Gasteiger partial charge in [0.25, 0.3) is 0 Å². The number of halogens is 6. The number of alkyl halides is 3. The molecule has 1 fully saturated rings. The van der Waals surface area contributed by atoms with Crippen LogP contribution in [0, 0.1) is 5.82 Å². The van der Waals surface area contributed by atoms with Crippen molar-refractivity contribution in [1.29, 1.82) is 0 Å². The third kappa shape index (κ3) is 5.92. The van der Waals surface area contributed by atoms with E-state index < -0.39 is 23.6 Å². The van der Waals surface area contributed by atoms with E-state index in [4.69, 9.17) is 0 Å². The average Bonchev–Trinajstić information content (AvgIpc) is 2.44. The molecule has 0 saturated carbocycles. The number of nitrogens with zero attached hydrogens (tertiary/aromatic N) is 1. The number of hydrogen-bond donors (Lipinski definition) is 1. The van der Waals surface area contributed by atoms with Gasteiger partial charge >= 0.3 is 6.18 Å². The molecule has 2 nitrogen and oxygen atoms in total. The van der Waals surface area contributed by atoms with Crippen molar-refractivity contribution in [2.45, 2.75) is 25.6 Å². The van der Waals surface area contributed by atoms with Crippen LogP contribution in [0.2, 0.25) is 0 Å². The summed E-state index contributed by atoms with van der Waals surface area (Å²) in [5, 5.41) is 3.17. The molecular weight excluding hydrogens is 367 g/mol. The Hall–Kier alpha value is -0.820. The van der Waals surface area contributed by atoms with Gasteiger partial charge in [-0.25, -0.2) is 4.39 Å². The Morgan fingerprint density at radius 3 is 2.33 bits per heavy atom. The van der Waals surface area contributed by atoms with Gasteiger partial charge in [0.05, 0.1) is 5.56 Å². The molecule has 1 aliphatic heterocycles. The first-order valence-electron chi connectivity index (χ1n) is 7.25. The van der Waals surface area contributed by atoms with E-state index in [2.05, 4.69) is 11.9 Å². The molecule has 0 spiro atoms. The van der Waals surface area contributed by atoms with Crippen LogP contribution in [-0.2, 0) is 6.18 Å². The van der Waals surface area contributed by atoms with Crippen LogP contribution in [0.1, 0.15) is 30.5 Å². The van der Waals surface area contributed by atoms with Gasteiger partial charge in [-0.1, -0.05) is 5.57 Å². The summed E-state index contributed by atoms with van der Waals surface area (Å²) in [6.07, 6.45) is -4.11. The quantitative estimate of drug-likeness (QED) is 0.598. The van der Waals surface area contributed by atoms with Crippen molar-refractivity contribution >= 4 is 24.8 Å². The normalized spacial score (nSPS) is 16.7. The highest BCUT2D eigenvalue weighted by Crippen LogP contribution is 2.38. The highest BCUT2D eigenvalue weighted by Gasteiger charge is 2.37. The largest absolute Gasteiger partial charge is 0.416 e. The van der Waals surface area contributed by atoms with E-state index >= 15 is 0 Å². The second-order valence-corrected chi connectivity index (χ2v) is 5.69. The molecule has 1 aliphatic rings. The van der Waals surface area contributed by atoms with Crippen molar-refractivity contribution in [3.05, 3.63) is 47.3 Å². The van der Waals surface area contributed by atoms with Gasteiger partial charge in [0, 0.05) is 32.2 Å². The lowest BCUT2D eigenvalue weighted by Gasteiger charge is -2.36. The second-order valence-electron chi connectivity index (χ2n) is 5.69. The maximum atomic E-state index is 13.6. The first-order chi connectivity index (χ1) is 10.3. The Morgan fingerprint density at radius 1 is 1.25 bits per heavy atom. The van der Waals surface area contributed by atoms with Gasteiger partial charge in [0.2, 0.25) is 0 Å². The Labute approximate surface area is 152 Å². The molecular formula is C16H22Cl2F4N2. The van der Waals surface area contributed by atoms with Crippen molar-refractivity contribution in [1.82, 2.24) is 10.2 Å². The van der Waals surface area contributed by atoms with Gasteiger partial charge in [-0.15, -0.1) is 31.4 Å². The van der Waals surface area contributed by atoms with Gasteiger partial charge in [0.15, 0.2) is 0 Å². The fourth-order valence-corrected chi connectivity index (χ4v) is 2.83. The van der Waals surface area contributed by atoms with E-state index in [1.165, 1.54) is 0 Å². The van der Waals surface area contributed by atoms with Crippen LogP contribution in [0.25, 0.3) is 0 Å². The molecule has 1 saturated heterocycles. The molecule has 0 radical (unpaired) electrons. The SMILES string of the molecule is C=C(C)C[C@@H](c1cc(F)ccc1C(F)(F)F)N1CCNCC1.Cl.Cl. The van der Waals surface area contributed by atoms with Crippen LogP contribution < -0.4 is 5.32 Å². The molecule has 8 heteroatoms. The minimum atomic E-state index is -4.50. The molecule has 138 valence electrons. The number of rotatable bonds is 4. The number of nitrogens with one attached hydrogen (secondary N) is 1. The van der Waals surface area contributed by atoms with Crippen LogP contribution in [0.3, 0.4) is 0 Å². The lowest BCUT2D eigenvalue weighted by Crippen LogP contribution is -2.45. The smallest absolute Gasteiger partial charge is 0.314 e. The number of hydrogen-bond acceptors (Lipinski definition) is 2. The van der Waals surface area contributed by atoms with Gasteiger partial charge in [0.1, 0.15) is 5.82 Å². The first-order valence-corrected chi connectivity index (χ1v) is 7.25. The molecule has 1 aromatic rings. The van der Waals surface area contributed by atoms with Gasteiger partial charge in [-0.3, -0.25) is 4.90 Å². The summed E-state index contributed by atoms with van der Waals surface area (Å²) >= 11 is 0. The second kappa shape index (κ2) is 9.61. The Kier molecular flexibility index (Phi) is 9.28. The summed E-state index contributed by atoms with van der Waals surface area (Å²) in [6, 6.07) is 2.20. The highest BCUT2D eigenvalue weighted by atomic mass is 35.5. The predicted molar refractivity (Wildman–Crippen MR) is 92.5 cm³/mol. The molecule has 0 bridgehead atoms. The molecule has 0 aromatic heterocycles. The van der Waals surface area contributed by atoms with Crippen LogP contribution in [0.15, 0.2) is 30.4 Å². The van der Waals surface area contributed by atoms with E-state index in [0.717, 1.165) is 23.8 Å². The van der Waals surface area contributed by atoms with Gasteiger partial charge in [-0.2, -0.15) is 13.2 Å². The maximum Gasteiger partial charge on any atom is 0.416 e. The molecule has 0 unspecified atom stereocenters. The van der Waals surface area contributed by atoms with Crippen LogP contribution >= 0.6 is 24.8 Å². The zero-order chi connectivity index (χ0) is 16.3. The van der Waals surface area contributed by atoms with Crippen LogP contribution in [-0.4, -0.2) is 31.1 Å². The van der Waals surface area contributed by atoms with Gasteiger partial charge < -0.3 is 5.32 Å². The summed E-state index contributed by atoms with van der Waals surface area (Å²) in [5.74, 6) is -0.648. The highest BCUT2D eigenvalue weighted by molar-refractivity contribution is 5.85. The van der Waals surface area contributed by atoms with Crippen molar-refractivity contribution in [2.75, 3.05) is 26.2 Å². The van der Waals surface area contributed by atoms with E-state index in [1.807, 2.05) is 4.90 Å². The molecule has 1 atom stereocenters. The average molecular weight is 389 g/mol. The zero-order valence-electron chi connectivity index (χ0n) is 13.3. The Balaban J connectivity index is 0.00000264. The minimum Gasteiger partial charge on any atom is -0.314 e. The lowest BCUT2D eigenvalue weighted by molar-refractivity contribution is -0.138. The van der Waals surface area contributed by atoms with Crippen LogP contribution in [0.5, 0.6) is 0 Å². The van der Waals surface area contributed by atoms with E-state index in [0.29, 0.717) is 32.6 Å². The summed E-state index contributed by atoms with van der Waals surface area (Å²) in [4.78, 5) is 1.97. The lowest BCUT2D eigenvalue weighted by atomic mass is 9.93. The summed E-state index contributed by atoms with van der Waals surface area (Å²) < 4.78 is 53.4. The maximum absolute atomic E-state index is 13.6. The fourth-order valence-electron chi connectivity index (χ4n) is 2.83. The van der Waals surface area contributed by atoms with Crippen molar-refractivity contribution in [3.63, 3.8) is 0 Å². The predicted octanol–water partition coefficient (Wildman–Crippen LogP) is 4.60. The van der Waals surface area contributed by atoms with Crippen molar-refractivity contribution in [3.8, 4) is 0 Å². The zero-order valence-corrected chi connectivity index (χ0v) is 15.0. The molecule has 1 heterocycles. The number of benzene rings is 1. The summed E-state index contributed by atoms with van der Waals surface area (Å²) in [5.41, 5.74) is 0.0111. The third-order valence-corrected chi connectivity index (χ3v) is 3.81. The molecule has 0 aliphatic carbocycles. The Morgan fingerprint density at radius 2 is 1.83 bits per heavy atom. The summed E-state index contributed by atoms with van der Waals surface area (Å²) in [7, 11) is 0. The van der Waals surface area contributed by atoms with E-state index in [9.17, 15) is 17.6 Å². The summed E-state index contributed by atoms with van der Waals surface area (Å²) in [6.45, 7) is 8.28. The Bertz CT molecular complexity index is 543. The first kappa shape index (κ1) is 23.2.